The highest BCUT2D eigenvalue weighted by atomic mass is 19.1. The van der Waals surface area contributed by atoms with Crippen LogP contribution in [-0.4, -0.2) is 57.0 Å². The molecule has 0 radical (unpaired) electrons. The molecule has 7 heteroatoms. The van der Waals surface area contributed by atoms with E-state index in [9.17, 15) is 9.18 Å². The number of nitrogens with zero attached hydrogens (tertiary/aromatic N) is 2. The van der Waals surface area contributed by atoms with E-state index in [-0.39, 0.29) is 11.7 Å². The molecule has 1 saturated heterocycles. The van der Waals surface area contributed by atoms with Crippen molar-refractivity contribution in [1.29, 1.82) is 0 Å². The highest BCUT2D eigenvalue weighted by Crippen LogP contribution is 2.32. The van der Waals surface area contributed by atoms with Crippen LogP contribution in [0.15, 0.2) is 24.3 Å². The number of benzene rings is 1. The van der Waals surface area contributed by atoms with Gasteiger partial charge < -0.3 is 24.3 Å². The highest BCUT2D eigenvalue weighted by Gasteiger charge is 2.27. The summed E-state index contributed by atoms with van der Waals surface area (Å²) in [5.41, 5.74) is 4.03. The zero-order valence-electron chi connectivity index (χ0n) is 16.8. The van der Waals surface area contributed by atoms with Crippen LogP contribution >= 0.6 is 0 Å². The molecule has 0 aliphatic carbocycles. The van der Waals surface area contributed by atoms with Gasteiger partial charge in [0.05, 0.1) is 32.1 Å². The number of ether oxygens (including phenoxy) is 2. The Kier molecular flexibility index (Phi) is 6.70. The first kappa shape index (κ1) is 20.4. The van der Waals surface area contributed by atoms with E-state index in [1.165, 1.54) is 6.07 Å². The SMILES string of the molecule is COCCNC(=O)c1c(C)c(N2CCOCC2)c(C)n1Cc1ccccc1F. The Hall–Kier alpha value is -2.38. The number of morpholine rings is 1. The van der Waals surface area contributed by atoms with Gasteiger partial charge in [0, 0.05) is 43.6 Å². The van der Waals surface area contributed by atoms with Crippen molar-refractivity contribution in [3.63, 3.8) is 0 Å². The van der Waals surface area contributed by atoms with Gasteiger partial charge in [-0.2, -0.15) is 0 Å². The molecule has 1 aromatic heterocycles. The molecule has 1 amide bonds. The molecule has 3 rings (SSSR count). The van der Waals surface area contributed by atoms with Gasteiger partial charge in [0.1, 0.15) is 11.5 Å². The third-order valence-electron chi connectivity index (χ3n) is 5.15. The first-order valence-corrected chi connectivity index (χ1v) is 9.57. The number of halogens is 1. The Bertz CT molecular complexity index is 829. The lowest BCUT2D eigenvalue weighted by molar-refractivity contribution is 0.0927. The van der Waals surface area contributed by atoms with E-state index in [0.717, 1.165) is 30.0 Å². The number of hydrogen-bond acceptors (Lipinski definition) is 4. The van der Waals surface area contributed by atoms with E-state index in [1.54, 1.807) is 19.2 Å². The summed E-state index contributed by atoms with van der Waals surface area (Å²) in [5, 5.41) is 2.90. The van der Waals surface area contributed by atoms with Crippen LogP contribution in [0.2, 0.25) is 0 Å². The number of methoxy groups -OCH3 is 1. The molecule has 1 aliphatic rings. The molecule has 1 aromatic carbocycles. The summed E-state index contributed by atoms with van der Waals surface area (Å²) in [6.07, 6.45) is 0. The highest BCUT2D eigenvalue weighted by molar-refractivity contribution is 5.96. The smallest absolute Gasteiger partial charge is 0.268 e. The first-order valence-electron chi connectivity index (χ1n) is 9.57. The van der Waals surface area contributed by atoms with E-state index < -0.39 is 0 Å². The third-order valence-corrected chi connectivity index (χ3v) is 5.15. The molecular weight excluding hydrogens is 361 g/mol. The average molecular weight is 389 g/mol. The maximum atomic E-state index is 14.3. The van der Waals surface area contributed by atoms with Crippen LogP contribution in [0.4, 0.5) is 10.1 Å². The van der Waals surface area contributed by atoms with Crippen molar-refractivity contribution in [2.75, 3.05) is 51.5 Å². The quantitative estimate of drug-likeness (QED) is 0.740. The van der Waals surface area contributed by atoms with Crippen LogP contribution < -0.4 is 10.2 Å². The van der Waals surface area contributed by atoms with Gasteiger partial charge in [-0.15, -0.1) is 0 Å². The summed E-state index contributed by atoms with van der Waals surface area (Å²) in [5.74, 6) is -0.444. The van der Waals surface area contributed by atoms with Crippen molar-refractivity contribution in [1.82, 2.24) is 9.88 Å². The standard InChI is InChI=1S/C21H28FN3O3/c1-15-19(24-9-12-28-13-10-24)16(2)25(14-17-6-4-5-7-18(17)22)20(15)21(26)23-8-11-27-3/h4-7H,8-14H2,1-3H3,(H,23,26). The molecule has 1 fully saturated rings. The van der Waals surface area contributed by atoms with Gasteiger partial charge in [-0.25, -0.2) is 4.39 Å². The van der Waals surface area contributed by atoms with Gasteiger partial charge >= 0.3 is 0 Å². The Morgan fingerprint density at radius 2 is 1.96 bits per heavy atom. The normalized spacial score (nSPS) is 14.4. The number of amides is 1. The lowest BCUT2D eigenvalue weighted by Crippen LogP contribution is -2.36. The third kappa shape index (κ3) is 4.20. The molecule has 0 bridgehead atoms. The minimum absolute atomic E-state index is 0.173. The summed E-state index contributed by atoms with van der Waals surface area (Å²) in [4.78, 5) is 15.2. The van der Waals surface area contributed by atoms with Gasteiger partial charge in [-0.05, 0) is 19.9 Å². The molecule has 28 heavy (non-hydrogen) atoms. The zero-order valence-corrected chi connectivity index (χ0v) is 16.8. The maximum Gasteiger partial charge on any atom is 0.268 e. The summed E-state index contributed by atoms with van der Waals surface area (Å²) >= 11 is 0. The van der Waals surface area contributed by atoms with Gasteiger partial charge in [-0.1, -0.05) is 18.2 Å². The van der Waals surface area contributed by atoms with Crippen molar-refractivity contribution < 1.29 is 18.7 Å². The maximum absolute atomic E-state index is 14.3. The average Bonchev–Trinajstić information content (AvgIpc) is 2.94. The summed E-state index contributed by atoms with van der Waals surface area (Å²) in [7, 11) is 1.60. The van der Waals surface area contributed by atoms with Crippen LogP contribution in [0.5, 0.6) is 0 Å². The molecule has 0 unspecified atom stereocenters. The second kappa shape index (κ2) is 9.21. The molecule has 0 atom stereocenters. The summed E-state index contributed by atoms with van der Waals surface area (Å²) in [6.45, 7) is 7.98. The van der Waals surface area contributed by atoms with Crippen LogP contribution in [0.25, 0.3) is 0 Å². The first-order chi connectivity index (χ1) is 13.5. The Balaban J connectivity index is 2.01. The van der Waals surface area contributed by atoms with Crippen molar-refractivity contribution >= 4 is 11.6 Å². The molecule has 152 valence electrons. The lowest BCUT2D eigenvalue weighted by Gasteiger charge is -2.29. The number of aromatic nitrogens is 1. The van der Waals surface area contributed by atoms with Crippen molar-refractivity contribution in [2.24, 2.45) is 0 Å². The fourth-order valence-corrected chi connectivity index (χ4v) is 3.77. The number of nitrogens with one attached hydrogen (secondary N) is 1. The molecule has 0 spiro atoms. The lowest BCUT2D eigenvalue weighted by atomic mass is 10.2. The molecular formula is C21H28FN3O3. The van der Waals surface area contributed by atoms with E-state index in [1.807, 2.05) is 24.5 Å². The molecule has 1 aliphatic heterocycles. The predicted octanol–water partition coefficient (Wildman–Crippen LogP) is 2.51. The fourth-order valence-electron chi connectivity index (χ4n) is 3.77. The number of carbonyl (C=O) groups is 1. The monoisotopic (exact) mass is 389 g/mol. The van der Waals surface area contributed by atoms with E-state index in [0.29, 0.717) is 44.2 Å². The number of hydrogen-bond donors (Lipinski definition) is 1. The summed E-state index contributed by atoms with van der Waals surface area (Å²) in [6, 6.07) is 6.68. The minimum atomic E-state index is -0.271. The Morgan fingerprint density at radius 3 is 2.64 bits per heavy atom. The van der Waals surface area contributed by atoms with Gasteiger partial charge in [0.15, 0.2) is 0 Å². The van der Waals surface area contributed by atoms with Crippen LogP contribution in [0.3, 0.4) is 0 Å². The second-order valence-corrected chi connectivity index (χ2v) is 6.93. The van der Waals surface area contributed by atoms with E-state index >= 15 is 0 Å². The van der Waals surface area contributed by atoms with Crippen LogP contribution in [0.1, 0.15) is 27.3 Å². The van der Waals surface area contributed by atoms with Gasteiger partial charge in [-0.3, -0.25) is 4.79 Å². The topological polar surface area (TPSA) is 55.7 Å². The van der Waals surface area contributed by atoms with Gasteiger partial charge in [0.25, 0.3) is 5.91 Å². The Morgan fingerprint density at radius 1 is 1.25 bits per heavy atom. The number of carbonyl (C=O) groups excluding carboxylic acids is 1. The van der Waals surface area contributed by atoms with Gasteiger partial charge in [0.2, 0.25) is 0 Å². The largest absolute Gasteiger partial charge is 0.383 e. The zero-order chi connectivity index (χ0) is 20.1. The number of anilines is 1. The fraction of sp³-hybridized carbons (Fsp3) is 0.476. The Labute approximate surface area is 165 Å². The van der Waals surface area contributed by atoms with Crippen molar-refractivity contribution in [3.8, 4) is 0 Å². The van der Waals surface area contributed by atoms with E-state index in [2.05, 4.69) is 10.2 Å². The van der Waals surface area contributed by atoms with Crippen molar-refractivity contribution in [3.05, 3.63) is 52.6 Å². The number of rotatable bonds is 7. The molecule has 2 aromatic rings. The van der Waals surface area contributed by atoms with Crippen LogP contribution in [0, 0.1) is 19.7 Å². The van der Waals surface area contributed by atoms with Crippen molar-refractivity contribution in [2.45, 2.75) is 20.4 Å². The molecule has 0 saturated carbocycles. The minimum Gasteiger partial charge on any atom is -0.383 e. The second-order valence-electron chi connectivity index (χ2n) is 6.93. The van der Waals surface area contributed by atoms with E-state index in [4.69, 9.17) is 9.47 Å². The molecule has 1 N–H and O–H groups in total. The molecule has 2 heterocycles. The van der Waals surface area contributed by atoms with Crippen LogP contribution in [-0.2, 0) is 16.0 Å². The predicted molar refractivity (Wildman–Crippen MR) is 107 cm³/mol. The summed E-state index contributed by atoms with van der Waals surface area (Å²) < 4.78 is 26.7. The molecule has 6 nitrogen and oxygen atoms in total.